The van der Waals surface area contributed by atoms with Gasteiger partial charge in [0, 0.05) is 12.5 Å². The van der Waals surface area contributed by atoms with Crippen molar-refractivity contribution in [3.05, 3.63) is 41.9 Å². The van der Waals surface area contributed by atoms with Gasteiger partial charge >= 0.3 is 0 Å². The maximum absolute atomic E-state index is 5.86. The highest BCUT2D eigenvalue weighted by molar-refractivity contribution is 5.58. The lowest BCUT2D eigenvalue weighted by Gasteiger charge is -2.14. The van der Waals surface area contributed by atoms with Gasteiger partial charge in [-0.15, -0.1) is 0 Å². The van der Waals surface area contributed by atoms with E-state index in [1.165, 1.54) is 11.1 Å². The number of aromatic amines is 1. The van der Waals surface area contributed by atoms with Gasteiger partial charge in [0.05, 0.1) is 11.9 Å². The number of nitrogens with one attached hydrogen (secondary N) is 1. The van der Waals surface area contributed by atoms with Crippen LogP contribution in [0.25, 0.3) is 11.3 Å². The van der Waals surface area contributed by atoms with Crippen LogP contribution in [0.2, 0.25) is 0 Å². The summed E-state index contributed by atoms with van der Waals surface area (Å²) in [6.07, 6.45) is 2.97. The average molecular weight is 257 g/mol. The molecule has 1 heterocycles. The number of imidazole rings is 1. The number of nitrogens with two attached hydrogens (primary N) is 1. The second-order valence-corrected chi connectivity index (χ2v) is 5.61. The van der Waals surface area contributed by atoms with Crippen molar-refractivity contribution >= 4 is 0 Å². The highest BCUT2D eigenvalue weighted by Crippen LogP contribution is 2.24. The molecule has 3 heteroatoms. The van der Waals surface area contributed by atoms with Gasteiger partial charge in [0.1, 0.15) is 5.82 Å². The molecular formula is C16H23N3. The zero-order chi connectivity index (χ0) is 13.8. The largest absolute Gasteiger partial charge is 0.342 e. The minimum atomic E-state index is 0.319. The van der Waals surface area contributed by atoms with Gasteiger partial charge in [-0.3, -0.25) is 0 Å². The summed E-state index contributed by atoms with van der Waals surface area (Å²) in [5.74, 6) is 1.95. The van der Waals surface area contributed by atoms with Gasteiger partial charge in [0.15, 0.2) is 0 Å². The van der Waals surface area contributed by atoms with Crippen LogP contribution >= 0.6 is 0 Å². The predicted molar refractivity (Wildman–Crippen MR) is 80.0 cm³/mol. The molecule has 1 unspecified atom stereocenters. The first-order valence-corrected chi connectivity index (χ1v) is 6.92. The Bertz CT molecular complexity index is 511. The molecule has 2 rings (SSSR count). The molecule has 0 bridgehead atoms. The van der Waals surface area contributed by atoms with Gasteiger partial charge < -0.3 is 10.7 Å². The number of benzene rings is 1. The predicted octanol–water partition coefficient (Wildman–Crippen LogP) is 3.47. The van der Waals surface area contributed by atoms with E-state index in [4.69, 9.17) is 5.73 Å². The van der Waals surface area contributed by atoms with Gasteiger partial charge in [0.25, 0.3) is 0 Å². The summed E-state index contributed by atoms with van der Waals surface area (Å²) >= 11 is 0. The molecule has 0 amide bonds. The maximum atomic E-state index is 5.86. The summed E-state index contributed by atoms with van der Waals surface area (Å²) in [6, 6.07) is 8.47. The van der Waals surface area contributed by atoms with Crippen LogP contribution < -0.4 is 5.73 Å². The van der Waals surface area contributed by atoms with Gasteiger partial charge in [0.2, 0.25) is 0 Å². The van der Waals surface area contributed by atoms with Gasteiger partial charge in [-0.25, -0.2) is 4.98 Å². The van der Waals surface area contributed by atoms with E-state index in [9.17, 15) is 0 Å². The highest BCUT2D eigenvalue weighted by Gasteiger charge is 2.15. The molecule has 0 saturated heterocycles. The standard InChI is InChI=1S/C16H23N3/c1-11(2)8-14(9-17)16-18-10-15(19-16)13-6-4-12(3)5-7-13/h4-7,10-11,14H,8-9,17H2,1-3H3,(H,18,19). The molecule has 0 aliphatic rings. The smallest absolute Gasteiger partial charge is 0.110 e. The van der Waals surface area contributed by atoms with Crippen molar-refractivity contribution in [1.82, 2.24) is 9.97 Å². The van der Waals surface area contributed by atoms with Crippen molar-refractivity contribution in [1.29, 1.82) is 0 Å². The fourth-order valence-corrected chi connectivity index (χ4v) is 2.31. The van der Waals surface area contributed by atoms with E-state index in [2.05, 4.69) is 55.0 Å². The van der Waals surface area contributed by atoms with E-state index in [1.54, 1.807) is 0 Å². The van der Waals surface area contributed by atoms with Crippen LogP contribution in [0.1, 0.15) is 37.6 Å². The number of rotatable bonds is 5. The normalized spacial score (nSPS) is 12.9. The molecule has 1 aromatic carbocycles. The molecule has 0 radical (unpaired) electrons. The molecule has 1 atom stereocenters. The Morgan fingerprint density at radius 3 is 2.47 bits per heavy atom. The number of aromatic nitrogens is 2. The molecule has 3 N–H and O–H groups in total. The maximum Gasteiger partial charge on any atom is 0.110 e. The van der Waals surface area contributed by atoms with Crippen molar-refractivity contribution in [2.45, 2.75) is 33.1 Å². The molecule has 102 valence electrons. The van der Waals surface area contributed by atoms with Crippen LogP contribution in [-0.2, 0) is 0 Å². The fraction of sp³-hybridized carbons (Fsp3) is 0.438. The summed E-state index contributed by atoms with van der Waals surface area (Å²) in [5.41, 5.74) is 9.37. The van der Waals surface area contributed by atoms with Crippen molar-refractivity contribution in [2.24, 2.45) is 11.7 Å². The Hall–Kier alpha value is -1.61. The number of hydrogen-bond donors (Lipinski definition) is 2. The minimum absolute atomic E-state index is 0.319. The van der Waals surface area contributed by atoms with Gasteiger partial charge in [-0.05, 0) is 24.8 Å². The number of hydrogen-bond acceptors (Lipinski definition) is 2. The van der Waals surface area contributed by atoms with E-state index in [0.717, 1.165) is 17.9 Å². The molecule has 3 nitrogen and oxygen atoms in total. The third kappa shape index (κ3) is 3.44. The quantitative estimate of drug-likeness (QED) is 0.861. The molecule has 19 heavy (non-hydrogen) atoms. The Kier molecular flexibility index (Phi) is 4.38. The lowest BCUT2D eigenvalue weighted by molar-refractivity contribution is 0.490. The van der Waals surface area contributed by atoms with Gasteiger partial charge in [-0.2, -0.15) is 0 Å². The van der Waals surface area contributed by atoms with E-state index < -0.39 is 0 Å². The summed E-state index contributed by atoms with van der Waals surface area (Å²) in [7, 11) is 0. The Labute approximate surface area is 115 Å². The van der Waals surface area contributed by atoms with Crippen molar-refractivity contribution < 1.29 is 0 Å². The topological polar surface area (TPSA) is 54.7 Å². The van der Waals surface area contributed by atoms with Crippen LogP contribution in [0.15, 0.2) is 30.5 Å². The molecule has 0 aliphatic carbocycles. The number of nitrogens with zero attached hydrogens (tertiary/aromatic N) is 1. The van der Waals surface area contributed by atoms with E-state index >= 15 is 0 Å². The molecule has 0 saturated carbocycles. The Morgan fingerprint density at radius 1 is 1.21 bits per heavy atom. The van der Waals surface area contributed by atoms with Crippen LogP contribution in [0.4, 0.5) is 0 Å². The molecule has 1 aromatic heterocycles. The van der Waals surface area contributed by atoms with Crippen LogP contribution in [0, 0.1) is 12.8 Å². The summed E-state index contributed by atoms with van der Waals surface area (Å²) in [4.78, 5) is 7.92. The second kappa shape index (κ2) is 6.02. The molecule has 2 aromatic rings. The zero-order valence-corrected chi connectivity index (χ0v) is 12.0. The molecular weight excluding hydrogens is 234 g/mol. The first-order valence-electron chi connectivity index (χ1n) is 6.92. The molecule has 0 fully saturated rings. The lowest BCUT2D eigenvalue weighted by atomic mass is 9.97. The van der Waals surface area contributed by atoms with E-state index in [-0.39, 0.29) is 0 Å². The summed E-state index contributed by atoms with van der Waals surface area (Å²) in [6.45, 7) is 7.16. The molecule has 0 spiro atoms. The SMILES string of the molecule is Cc1ccc(-c2cnc(C(CN)CC(C)C)[nH]2)cc1. The number of H-pyrrole nitrogens is 1. The fourth-order valence-electron chi connectivity index (χ4n) is 2.31. The zero-order valence-electron chi connectivity index (χ0n) is 12.0. The summed E-state index contributed by atoms with van der Waals surface area (Å²) in [5, 5.41) is 0. The number of aryl methyl sites for hydroxylation is 1. The third-order valence-electron chi connectivity index (χ3n) is 3.39. The summed E-state index contributed by atoms with van der Waals surface area (Å²) < 4.78 is 0. The minimum Gasteiger partial charge on any atom is -0.342 e. The monoisotopic (exact) mass is 257 g/mol. The van der Waals surface area contributed by atoms with Gasteiger partial charge in [-0.1, -0.05) is 43.7 Å². The van der Waals surface area contributed by atoms with Crippen molar-refractivity contribution in [3.8, 4) is 11.3 Å². The first kappa shape index (κ1) is 13.8. The van der Waals surface area contributed by atoms with E-state index in [0.29, 0.717) is 18.4 Å². The Morgan fingerprint density at radius 2 is 1.89 bits per heavy atom. The lowest BCUT2D eigenvalue weighted by Crippen LogP contribution is -2.15. The highest BCUT2D eigenvalue weighted by atomic mass is 14.9. The third-order valence-corrected chi connectivity index (χ3v) is 3.39. The van der Waals surface area contributed by atoms with Crippen LogP contribution in [-0.4, -0.2) is 16.5 Å². The van der Waals surface area contributed by atoms with Crippen LogP contribution in [0.5, 0.6) is 0 Å². The molecule has 0 aliphatic heterocycles. The second-order valence-electron chi connectivity index (χ2n) is 5.61. The van der Waals surface area contributed by atoms with Crippen molar-refractivity contribution in [3.63, 3.8) is 0 Å². The van der Waals surface area contributed by atoms with Crippen LogP contribution in [0.3, 0.4) is 0 Å². The first-order chi connectivity index (χ1) is 9.10. The van der Waals surface area contributed by atoms with Crippen molar-refractivity contribution in [2.75, 3.05) is 6.54 Å². The van der Waals surface area contributed by atoms with E-state index in [1.807, 2.05) is 6.20 Å². The average Bonchev–Trinajstić information content (AvgIpc) is 2.86. The Balaban J connectivity index is 2.20.